The third-order valence-corrected chi connectivity index (χ3v) is 2.38. The minimum atomic E-state index is -2.12. The molecule has 7 nitrogen and oxygen atoms in total. The fraction of sp³-hybridized carbons (Fsp3) is 1.00. The Morgan fingerprint density at radius 3 is 2.50 bits per heavy atom. The van der Waals surface area contributed by atoms with E-state index in [1.54, 1.807) is 0 Å². The maximum atomic E-state index is 9.74. The Bertz CT molecular complexity index is 203. The van der Waals surface area contributed by atoms with Crippen molar-refractivity contribution in [3.05, 3.63) is 0 Å². The van der Waals surface area contributed by atoms with Crippen molar-refractivity contribution < 1.29 is 29.9 Å². The number of methoxy groups -OCH3 is 1. The van der Waals surface area contributed by atoms with E-state index in [9.17, 15) is 15.3 Å². The third-order valence-electron chi connectivity index (χ3n) is 2.38. The zero-order chi connectivity index (χ0) is 10.9. The number of ether oxygens (including phenoxy) is 2. The number of aliphatic hydroxyl groups excluding tert-OH is 3. The fourth-order valence-corrected chi connectivity index (χ4v) is 1.41. The first kappa shape index (κ1) is 11.8. The average molecular weight is 209 g/mol. The van der Waals surface area contributed by atoms with Crippen molar-refractivity contribution >= 4 is 0 Å². The molecule has 84 valence electrons. The number of rotatable bonds is 2. The molecule has 0 amide bonds. The lowest BCUT2D eigenvalue weighted by Gasteiger charge is -2.45. The van der Waals surface area contributed by atoms with Crippen LogP contribution in [0.15, 0.2) is 0 Å². The molecule has 0 saturated carbocycles. The molecule has 0 aromatic carbocycles. The molecule has 1 heterocycles. The highest BCUT2D eigenvalue weighted by Gasteiger charge is 2.54. The summed E-state index contributed by atoms with van der Waals surface area (Å²) >= 11 is 0. The summed E-state index contributed by atoms with van der Waals surface area (Å²) in [5, 5.41) is 37.3. The molecule has 0 aromatic heterocycles. The first-order chi connectivity index (χ1) is 6.47. The molecule has 1 fully saturated rings. The van der Waals surface area contributed by atoms with Gasteiger partial charge in [-0.3, -0.25) is 0 Å². The minimum absolute atomic E-state index is 0.559. The Morgan fingerprint density at radius 1 is 1.50 bits per heavy atom. The molecule has 0 spiro atoms. The normalized spacial score (nSPS) is 49.3. The highest BCUT2D eigenvalue weighted by atomic mass is 16.7. The van der Waals surface area contributed by atoms with Crippen LogP contribution >= 0.6 is 0 Å². The van der Waals surface area contributed by atoms with Gasteiger partial charge in [-0.15, -0.1) is 0 Å². The lowest BCUT2D eigenvalue weighted by molar-refractivity contribution is -0.353. The van der Waals surface area contributed by atoms with E-state index in [4.69, 9.17) is 15.6 Å². The molecule has 1 aliphatic rings. The van der Waals surface area contributed by atoms with E-state index in [1.165, 1.54) is 0 Å². The molecule has 6 N–H and O–H groups in total. The van der Waals surface area contributed by atoms with Crippen molar-refractivity contribution in [3.8, 4) is 0 Å². The summed E-state index contributed by atoms with van der Waals surface area (Å²) in [6.45, 7) is -0.559. The van der Waals surface area contributed by atoms with Gasteiger partial charge >= 0.3 is 0 Å². The van der Waals surface area contributed by atoms with Crippen LogP contribution in [-0.2, 0) is 9.47 Å². The number of aliphatic hydroxyl groups is 4. The van der Waals surface area contributed by atoms with E-state index in [0.29, 0.717) is 0 Å². The highest BCUT2D eigenvalue weighted by molar-refractivity contribution is 4.97. The smallest absolute Gasteiger partial charge is 0.215 e. The molecule has 5 atom stereocenters. The van der Waals surface area contributed by atoms with Gasteiger partial charge in [0.15, 0.2) is 6.29 Å². The Hall–Kier alpha value is -0.280. The van der Waals surface area contributed by atoms with Crippen LogP contribution in [0.4, 0.5) is 0 Å². The fourth-order valence-electron chi connectivity index (χ4n) is 1.41. The average Bonchev–Trinajstić information content (AvgIpc) is 2.20. The van der Waals surface area contributed by atoms with E-state index < -0.39 is 36.9 Å². The second-order valence-corrected chi connectivity index (χ2v) is 3.17. The molecule has 1 rings (SSSR count). The lowest BCUT2D eigenvalue weighted by atomic mass is 9.93. The summed E-state index contributed by atoms with van der Waals surface area (Å²) in [7, 11) is 1.13. The van der Waals surface area contributed by atoms with Gasteiger partial charge in [0.25, 0.3) is 0 Å². The van der Waals surface area contributed by atoms with Crippen molar-refractivity contribution in [1.82, 2.24) is 0 Å². The standard InChI is InChI=1S/C7H15NO6/c1-13-7(12)4(8)6(11)14-3(2-9)5(7)10/h3-6,9-12H,2,8H2,1H3/t3-,4+,5-,6?,7+/m1/s1. The molecule has 1 saturated heterocycles. The zero-order valence-electron chi connectivity index (χ0n) is 7.70. The van der Waals surface area contributed by atoms with Gasteiger partial charge in [0.1, 0.15) is 18.2 Å². The van der Waals surface area contributed by atoms with Crippen LogP contribution in [0, 0.1) is 0 Å². The summed E-state index contributed by atoms with van der Waals surface area (Å²) in [5.74, 6) is -2.12. The van der Waals surface area contributed by atoms with E-state index >= 15 is 0 Å². The van der Waals surface area contributed by atoms with Crippen LogP contribution in [0.5, 0.6) is 0 Å². The molecular formula is C7H15NO6. The first-order valence-electron chi connectivity index (χ1n) is 4.13. The van der Waals surface area contributed by atoms with Gasteiger partial charge in [-0.1, -0.05) is 0 Å². The quantitative estimate of drug-likeness (QED) is 0.302. The third kappa shape index (κ3) is 1.63. The van der Waals surface area contributed by atoms with Crippen molar-refractivity contribution in [1.29, 1.82) is 0 Å². The van der Waals surface area contributed by atoms with Crippen LogP contribution in [0.25, 0.3) is 0 Å². The topological polar surface area (TPSA) is 125 Å². The second kappa shape index (κ2) is 4.07. The predicted molar refractivity (Wildman–Crippen MR) is 43.9 cm³/mol. The molecule has 1 aliphatic heterocycles. The van der Waals surface area contributed by atoms with E-state index in [1.807, 2.05) is 0 Å². The maximum absolute atomic E-state index is 9.74. The molecule has 1 unspecified atom stereocenters. The Kier molecular flexibility index (Phi) is 3.43. The molecule has 7 heteroatoms. The van der Waals surface area contributed by atoms with E-state index in [0.717, 1.165) is 7.11 Å². The highest BCUT2D eigenvalue weighted by Crippen LogP contribution is 2.28. The monoisotopic (exact) mass is 209 g/mol. The second-order valence-electron chi connectivity index (χ2n) is 3.17. The van der Waals surface area contributed by atoms with Crippen LogP contribution in [-0.4, -0.2) is 64.5 Å². The zero-order valence-corrected chi connectivity index (χ0v) is 7.70. The van der Waals surface area contributed by atoms with Crippen LogP contribution in [0.1, 0.15) is 0 Å². The van der Waals surface area contributed by atoms with Gasteiger partial charge in [0, 0.05) is 7.11 Å². The van der Waals surface area contributed by atoms with E-state index in [2.05, 4.69) is 4.74 Å². The molecule has 0 aromatic rings. The van der Waals surface area contributed by atoms with Crippen molar-refractivity contribution in [3.63, 3.8) is 0 Å². The van der Waals surface area contributed by atoms with Gasteiger partial charge in [-0.05, 0) is 0 Å². The van der Waals surface area contributed by atoms with Crippen molar-refractivity contribution in [2.75, 3.05) is 13.7 Å². The van der Waals surface area contributed by atoms with Crippen LogP contribution in [0.2, 0.25) is 0 Å². The largest absolute Gasteiger partial charge is 0.394 e. The van der Waals surface area contributed by atoms with Gasteiger partial charge in [0.2, 0.25) is 5.79 Å². The summed E-state index contributed by atoms with van der Waals surface area (Å²) in [6.07, 6.45) is -4.15. The first-order valence-corrected chi connectivity index (χ1v) is 4.13. The van der Waals surface area contributed by atoms with Gasteiger partial charge in [-0.2, -0.15) is 0 Å². The lowest BCUT2D eigenvalue weighted by Crippen LogP contribution is -2.70. The molecule has 0 bridgehead atoms. The SMILES string of the molecule is CO[C@]1(O)[C@H](O)[C@@H](CO)OC(O)[C@@H]1N. The van der Waals surface area contributed by atoms with Crippen molar-refractivity contribution in [2.24, 2.45) is 5.73 Å². The number of hydrogen-bond donors (Lipinski definition) is 5. The summed E-state index contributed by atoms with van der Waals surface area (Å²) in [4.78, 5) is 0. The Labute approximate surface area is 80.7 Å². The van der Waals surface area contributed by atoms with Gasteiger partial charge in [0.05, 0.1) is 6.61 Å². The van der Waals surface area contributed by atoms with Crippen LogP contribution in [0.3, 0.4) is 0 Å². The molecule has 0 radical (unpaired) electrons. The van der Waals surface area contributed by atoms with Crippen LogP contribution < -0.4 is 5.73 Å². The minimum Gasteiger partial charge on any atom is -0.394 e. The molecule has 0 aliphatic carbocycles. The van der Waals surface area contributed by atoms with E-state index in [-0.39, 0.29) is 0 Å². The number of hydrogen-bond acceptors (Lipinski definition) is 7. The summed E-state index contributed by atoms with van der Waals surface area (Å²) in [6, 6.07) is -1.30. The van der Waals surface area contributed by atoms with Gasteiger partial charge in [-0.25, -0.2) is 0 Å². The van der Waals surface area contributed by atoms with Crippen molar-refractivity contribution in [2.45, 2.75) is 30.3 Å². The molecular weight excluding hydrogens is 194 g/mol. The summed E-state index contributed by atoms with van der Waals surface area (Å²) in [5.41, 5.74) is 5.38. The number of nitrogens with two attached hydrogens (primary N) is 1. The van der Waals surface area contributed by atoms with Gasteiger partial charge < -0.3 is 35.6 Å². The Morgan fingerprint density at radius 2 is 2.07 bits per heavy atom. The molecule has 14 heavy (non-hydrogen) atoms. The summed E-state index contributed by atoms with van der Waals surface area (Å²) < 4.78 is 9.38. The predicted octanol–water partition coefficient (Wildman–Crippen LogP) is -3.28. The maximum Gasteiger partial charge on any atom is 0.215 e. The Balaban J connectivity index is 2.89.